The molecule has 0 aliphatic rings. The summed E-state index contributed by atoms with van der Waals surface area (Å²) in [4.78, 5) is 10.9. The maximum Gasteiger partial charge on any atom is 0.331 e. The van der Waals surface area contributed by atoms with E-state index in [1.165, 1.54) is 12.5 Å². The standard InChI is InChI=1S/C24H32O4/c1-2-21(24(27)28)16-14-12-10-8-6-4-3-5-7-9-11-13-15-20-17-22(25)19-23(26)18-20/h2-3,5,7,9,11,13,17-19,25-26H,4,6,8,10,12,14-16H2,1H3,(H,27,28)/b5-3-,9-7+,13-11-,21-2?. The third kappa shape index (κ3) is 11.1. The Kier molecular flexibility index (Phi) is 11.9. The highest BCUT2D eigenvalue weighted by atomic mass is 16.4. The van der Waals surface area contributed by atoms with E-state index in [0.717, 1.165) is 37.7 Å². The average molecular weight is 385 g/mol. The van der Waals surface area contributed by atoms with Crippen molar-refractivity contribution < 1.29 is 20.1 Å². The molecule has 0 fully saturated rings. The van der Waals surface area contributed by atoms with Gasteiger partial charge >= 0.3 is 5.97 Å². The van der Waals surface area contributed by atoms with Gasteiger partial charge in [-0.15, -0.1) is 0 Å². The smallest absolute Gasteiger partial charge is 0.331 e. The maximum atomic E-state index is 10.9. The van der Waals surface area contributed by atoms with E-state index in [0.29, 0.717) is 18.4 Å². The van der Waals surface area contributed by atoms with Crippen LogP contribution in [0.4, 0.5) is 0 Å². The zero-order valence-corrected chi connectivity index (χ0v) is 16.7. The second-order valence-corrected chi connectivity index (χ2v) is 6.73. The number of phenolic OH excluding ortho intramolecular Hbond substituents is 2. The fourth-order valence-electron chi connectivity index (χ4n) is 2.84. The molecule has 0 saturated carbocycles. The third-order valence-corrected chi connectivity index (χ3v) is 4.36. The molecule has 0 amide bonds. The van der Waals surface area contributed by atoms with Crippen molar-refractivity contribution in [1.82, 2.24) is 0 Å². The molecule has 0 aromatic heterocycles. The lowest BCUT2D eigenvalue weighted by molar-refractivity contribution is -0.132. The molecule has 0 aliphatic carbocycles. The SMILES string of the molecule is CC=C(CCCCCCC\C=C/C=C/C=C\Cc1cc(O)cc(O)c1)C(=O)O. The molecule has 0 radical (unpaired) electrons. The van der Waals surface area contributed by atoms with Crippen LogP contribution in [0.15, 0.2) is 66.3 Å². The van der Waals surface area contributed by atoms with Crippen molar-refractivity contribution in [2.45, 2.75) is 58.3 Å². The van der Waals surface area contributed by atoms with Crippen LogP contribution in [-0.2, 0) is 11.2 Å². The van der Waals surface area contributed by atoms with E-state index in [1.807, 2.05) is 30.4 Å². The predicted octanol–water partition coefficient (Wildman–Crippen LogP) is 6.07. The molecule has 3 N–H and O–H groups in total. The number of hydrogen-bond donors (Lipinski definition) is 3. The lowest BCUT2D eigenvalue weighted by Gasteiger charge is -2.02. The van der Waals surface area contributed by atoms with Crippen molar-refractivity contribution in [3.8, 4) is 11.5 Å². The van der Waals surface area contributed by atoms with Gasteiger partial charge in [0.05, 0.1) is 0 Å². The Hall–Kier alpha value is -2.75. The van der Waals surface area contributed by atoms with Gasteiger partial charge in [0.2, 0.25) is 0 Å². The molecule has 0 spiro atoms. The highest BCUT2D eigenvalue weighted by Crippen LogP contribution is 2.20. The lowest BCUT2D eigenvalue weighted by atomic mass is 10.0. The van der Waals surface area contributed by atoms with Crippen molar-refractivity contribution in [2.24, 2.45) is 0 Å². The second kappa shape index (κ2) is 14.3. The van der Waals surface area contributed by atoms with Gasteiger partial charge in [-0.1, -0.05) is 61.8 Å². The number of benzene rings is 1. The zero-order valence-electron chi connectivity index (χ0n) is 16.7. The van der Waals surface area contributed by atoms with Crippen LogP contribution in [0, 0.1) is 0 Å². The Labute approximate surface area is 168 Å². The maximum absolute atomic E-state index is 10.9. The first kappa shape index (κ1) is 23.3. The van der Waals surface area contributed by atoms with Gasteiger partial charge in [0, 0.05) is 11.6 Å². The van der Waals surface area contributed by atoms with E-state index < -0.39 is 5.97 Å². The monoisotopic (exact) mass is 384 g/mol. The number of unbranched alkanes of at least 4 members (excludes halogenated alkanes) is 5. The molecule has 4 nitrogen and oxygen atoms in total. The molecule has 1 aromatic rings. The van der Waals surface area contributed by atoms with Gasteiger partial charge in [0.15, 0.2) is 0 Å². The minimum absolute atomic E-state index is 0.0738. The van der Waals surface area contributed by atoms with Crippen molar-refractivity contribution in [2.75, 3.05) is 0 Å². The fraction of sp³-hybridized carbons (Fsp3) is 0.375. The average Bonchev–Trinajstić information content (AvgIpc) is 2.64. The van der Waals surface area contributed by atoms with Gasteiger partial charge in [-0.3, -0.25) is 0 Å². The molecule has 4 heteroatoms. The lowest BCUT2D eigenvalue weighted by Crippen LogP contribution is -1.99. The molecule has 1 aromatic carbocycles. The van der Waals surface area contributed by atoms with Gasteiger partial charge < -0.3 is 15.3 Å². The predicted molar refractivity (Wildman–Crippen MR) is 115 cm³/mol. The number of aliphatic carboxylic acids is 1. The molecule has 0 unspecified atom stereocenters. The van der Waals surface area contributed by atoms with Crippen LogP contribution in [0.3, 0.4) is 0 Å². The van der Waals surface area contributed by atoms with Crippen LogP contribution in [0.1, 0.15) is 57.4 Å². The fourth-order valence-corrected chi connectivity index (χ4v) is 2.84. The van der Waals surface area contributed by atoms with E-state index in [1.54, 1.807) is 25.1 Å². The number of carboxylic acid groups (broad SMARTS) is 1. The topological polar surface area (TPSA) is 77.8 Å². The highest BCUT2D eigenvalue weighted by Gasteiger charge is 2.04. The molecule has 0 bridgehead atoms. The quantitative estimate of drug-likeness (QED) is 0.219. The summed E-state index contributed by atoms with van der Waals surface area (Å²) in [5, 5.41) is 27.8. The van der Waals surface area contributed by atoms with Crippen LogP contribution in [0.5, 0.6) is 11.5 Å². The van der Waals surface area contributed by atoms with Crippen LogP contribution in [-0.4, -0.2) is 21.3 Å². The van der Waals surface area contributed by atoms with Gasteiger partial charge in [-0.05, 0) is 56.7 Å². The first-order valence-electron chi connectivity index (χ1n) is 9.91. The van der Waals surface area contributed by atoms with Gasteiger partial charge in [-0.25, -0.2) is 4.79 Å². The van der Waals surface area contributed by atoms with E-state index in [9.17, 15) is 15.0 Å². The zero-order chi connectivity index (χ0) is 20.6. The van der Waals surface area contributed by atoms with Gasteiger partial charge in [-0.2, -0.15) is 0 Å². The van der Waals surface area contributed by atoms with E-state index in [2.05, 4.69) is 6.08 Å². The van der Waals surface area contributed by atoms with Crippen molar-refractivity contribution in [1.29, 1.82) is 0 Å². The molecule has 1 rings (SSSR count). The number of carboxylic acids is 1. The van der Waals surface area contributed by atoms with Crippen LogP contribution >= 0.6 is 0 Å². The molecule has 0 aliphatic heterocycles. The summed E-state index contributed by atoms with van der Waals surface area (Å²) in [5.41, 5.74) is 1.38. The minimum atomic E-state index is -0.797. The molecular weight excluding hydrogens is 352 g/mol. The Morgan fingerprint density at radius 2 is 1.46 bits per heavy atom. The number of rotatable bonds is 13. The number of allylic oxidation sites excluding steroid dienone is 7. The minimum Gasteiger partial charge on any atom is -0.508 e. The van der Waals surface area contributed by atoms with E-state index in [4.69, 9.17) is 5.11 Å². The largest absolute Gasteiger partial charge is 0.508 e. The normalized spacial score (nSPS) is 12.5. The molecule has 0 saturated heterocycles. The number of phenols is 2. The van der Waals surface area contributed by atoms with E-state index >= 15 is 0 Å². The van der Waals surface area contributed by atoms with E-state index in [-0.39, 0.29) is 11.5 Å². The van der Waals surface area contributed by atoms with Gasteiger partial charge in [0.25, 0.3) is 0 Å². The van der Waals surface area contributed by atoms with Crippen LogP contribution < -0.4 is 0 Å². The molecule has 0 heterocycles. The number of hydrogen-bond acceptors (Lipinski definition) is 3. The van der Waals surface area contributed by atoms with Crippen LogP contribution in [0.25, 0.3) is 0 Å². The summed E-state index contributed by atoms with van der Waals surface area (Å²) in [6, 6.07) is 4.59. The first-order chi connectivity index (χ1) is 13.5. The van der Waals surface area contributed by atoms with Crippen molar-refractivity contribution in [3.05, 3.63) is 71.9 Å². The summed E-state index contributed by atoms with van der Waals surface area (Å²) in [6.07, 6.45) is 21.6. The van der Waals surface area contributed by atoms with Crippen LogP contribution in [0.2, 0.25) is 0 Å². The number of carbonyl (C=O) groups is 1. The first-order valence-corrected chi connectivity index (χ1v) is 9.91. The summed E-state index contributed by atoms with van der Waals surface area (Å²) in [6.45, 7) is 1.78. The second-order valence-electron chi connectivity index (χ2n) is 6.73. The summed E-state index contributed by atoms with van der Waals surface area (Å²) in [7, 11) is 0. The Balaban J connectivity index is 2.06. The summed E-state index contributed by atoms with van der Waals surface area (Å²) >= 11 is 0. The van der Waals surface area contributed by atoms with Gasteiger partial charge in [0.1, 0.15) is 11.5 Å². The summed E-state index contributed by atoms with van der Waals surface area (Å²) < 4.78 is 0. The Morgan fingerprint density at radius 1 is 0.857 bits per heavy atom. The number of aromatic hydroxyl groups is 2. The van der Waals surface area contributed by atoms with Crippen molar-refractivity contribution in [3.63, 3.8) is 0 Å². The Morgan fingerprint density at radius 3 is 2.11 bits per heavy atom. The highest BCUT2D eigenvalue weighted by molar-refractivity contribution is 5.86. The van der Waals surface area contributed by atoms with Crippen molar-refractivity contribution >= 4 is 5.97 Å². The Bertz CT molecular complexity index is 691. The molecular formula is C24H32O4. The summed E-state index contributed by atoms with van der Waals surface area (Å²) in [5.74, 6) is -0.649. The molecule has 152 valence electrons. The third-order valence-electron chi connectivity index (χ3n) is 4.36. The molecule has 28 heavy (non-hydrogen) atoms. The molecule has 0 atom stereocenters.